The molecule has 0 aliphatic carbocycles. The lowest BCUT2D eigenvalue weighted by atomic mass is 10.1. The molecule has 3 heterocycles. The van der Waals surface area contributed by atoms with E-state index in [1.807, 2.05) is 12.3 Å². The van der Waals surface area contributed by atoms with Crippen LogP contribution in [0.2, 0.25) is 0 Å². The maximum atomic E-state index is 4.18. The summed E-state index contributed by atoms with van der Waals surface area (Å²) < 4.78 is 0. The van der Waals surface area contributed by atoms with E-state index in [9.17, 15) is 0 Å². The number of hydrogen-bond donors (Lipinski definition) is 2. The molecular formula is C11H15N7. The smallest absolute Gasteiger partial charge is 0.176 e. The highest BCUT2D eigenvalue weighted by atomic mass is 15.5. The molecule has 18 heavy (non-hydrogen) atoms. The highest BCUT2D eigenvalue weighted by Gasteiger charge is 2.24. The Labute approximate surface area is 105 Å². The van der Waals surface area contributed by atoms with Crippen LogP contribution >= 0.6 is 0 Å². The van der Waals surface area contributed by atoms with E-state index in [1.54, 1.807) is 6.20 Å². The molecule has 2 aromatic heterocycles. The summed E-state index contributed by atoms with van der Waals surface area (Å²) in [4.78, 5) is 6.53. The number of nitrogens with one attached hydrogen (secondary N) is 2. The minimum Gasteiger partial charge on any atom is -0.364 e. The summed E-state index contributed by atoms with van der Waals surface area (Å²) in [7, 11) is 0. The number of H-pyrrole nitrogens is 1. The maximum absolute atomic E-state index is 4.18. The minimum atomic E-state index is 0.334. The van der Waals surface area contributed by atoms with Crippen LogP contribution in [0.3, 0.4) is 0 Å². The van der Waals surface area contributed by atoms with E-state index in [2.05, 4.69) is 41.9 Å². The lowest BCUT2D eigenvalue weighted by Gasteiger charge is -2.37. The second-order valence-electron chi connectivity index (χ2n) is 4.29. The largest absolute Gasteiger partial charge is 0.364 e. The molecule has 1 atom stereocenters. The van der Waals surface area contributed by atoms with Crippen molar-refractivity contribution in [2.24, 2.45) is 0 Å². The van der Waals surface area contributed by atoms with Gasteiger partial charge in [-0.15, -0.1) is 10.2 Å². The first kappa shape index (κ1) is 11.1. The zero-order chi connectivity index (χ0) is 12.2. The molecule has 0 amide bonds. The van der Waals surface area contributed by atoms with Gasteiger partial charge in [-0.3, -0.25) is 4.98 Å². The third kappa shape index (κ3) is 2.30. The number of piperazine rings is 1. The topological polar surface area (TPSA) is 82.6 Å². The van der Waals surface area contributed by atoms with Gasteiger partial charge in [0.2, 0.25) is 0 Å². The van der Waals surface area contributed by atoms with Crippen LogP contribution in [0.5, 0.6) is 0 Å². The summed E-state index contributed by atoms with van der Waals surface area (Å²) in [6, 6.07) is 4.38. The van der Waals surface area contributed by atoms with Crippen LogP contribution in [-0.4, -0.2) is 51.3 Å². The number of aromatic nitrogens is 5. The molecule has 1 aliphatic rings. The molecule has 1 aliphatic heterocycles. The van der Waals surface area contributed by atoms with Crippen molar-refractivity contribution >= 4 is 5.69 Å². The molecule has 1 fully saturated rings. The van der Waals surface area contributed by atoms with Gasteiger partial charge >= 0.3 is 0 Å². The van der Waals surface area contributed by atoms with Gasteiger partial charge in [-0.2, -0.15) is 5.21 Å². The Morgan fingerprint density at radius 3 is 3.22 bits per heavy atom. The van der Waals surface area contributed by atoms with E-state index in [1.165, 1.54) is 0 Å². The Hall–Kier alpha value is -2.02. The third-order valence-electron chi connectivity index (χ3n) is 3.14. The van der Waals surface area contributed by atoms with Gasteiger partial charge in [-0.1, -0.05) is 5.21 Å². The van der Waals surface area contributed by atoms with Crippen LogP contribution in [0.4, 0.5) is 5.69 Å². The normalized spacial score (nSPS) is 20.0. The summed E-state index contributed by atoms with van der Waals surface area (Å²) in [5.74, 6) is 0.748. The second-order valence-corrected chi connectivity index (χ2v) is 4.29. The third-order valence-corrected chi connectivity index (χ3v) is 3.14. The van der Waals surface area contributed by atoms with Crippen LogP contribution in [-0.2, 0) is 6.42 Å². The molecule has 0 radical (unpaired) electrons. The van der Waals surface area contributed by atoms with Crippen molar-refractivity contribution in [1.29, 1.82) is 0 Å². The monoisotopic (exact) mass is 245 g/mol. The SMILES string of the molecule is c1cncc(N2CCNCC2Cc2nn[nH]n2)c1. The first-order valence-electron chi connectivity index (χ1n) is 6.03. The van der Waals surface area contributed by atoms with Crippen molar-refractivity contribution in [3.63, 3.8) is 0 Å². The number of tetrazole rings is 1. The van der Waals surface area contributed by atoms with E-state index in [-0.39, 0.29) is 0 Å². The van der Waals surface area contributed by atoms with E-state index in [4.69, 9.17) is 0 Å². The van der Waals surface area contributed by atoms with Crippen molar-refractivity contribution < 1.29 is 0 Å². The molecule has 7 nitrogen and oxygen atoms in total. The summed E-state index contributed by atoms with van der Waals surface area (Å²) in [6.45, 7) is 2.87. The van der Waals surface area contributed by atoms with E-state index >= 15 is 0 Å². The molecule has 2 N–H and O–H groups in total. The zero-order valence-corrected chi connectivity index (χ0v) is 9.95. The van der Waals surface area contributed by atoms with Crippen molar-refractivity contribution in [2.75, 3.05) is 24.5 Å². The van der Waals surface area contributed by atoms with Crippen molar-refractivity contribution in [3.8, 4) is 0 Å². The molecule has 2 aromatic rings. The lowest BCUT2D eigenvalue weighted by molar-refractivity contribution is 0.467. The Morgan fingerprint density at radius 2 is 2.44 bits per heavy atom. The number of pyridine rings is 1. The highest BCUT2D eigenvalue weighted by molar-refractivity contribution is 5.45. The fourth-order valence-corrected chi connectivity index (χ4v) is 2.29. The van der Waals surface area contributed by atoms with Gasteiger partial charge in [-0.05, 0) is 12.1 Å². The van der Waals surface area contributed by atoms with E-state index in [0.717, 1.165) is 37.6 Å². The van der Waals surface area contributed by atoms with Gasteiger partial charge in [0.05, 0.1) is 11.9 Å². The molecular weight excluding hydrogens is 230 g/mol. The average molecular weight is 245 g/mol. The Morgan fingerprint density at radius 1 is 1.44 bits per heavy atom. The van der Waals surface area contributed by atoms with Crippen LogP contribution in [0.15, 0.2) is 24.5 Å². The number of rotatable bonds is 3. The molecule has 0 saturated carbocycles. The number of nitrogens with zero attached hydrogens (tertiary/aromatic N) is 5. The Bertz CT molecular complexity index is 469. The van der Waals surface area contributed by atoms with Crippen LogP contribution < -0.4 is 10.2 Å². The summed E-state index contributed by atoms with van der Waals surface area (Å²) in [5.41, 5.74) is 1.15. The minimum absolute atomic E-state index is 0.334. The van der Waals surface area contributed by atoms with Gasteiger partial charge in [-0.25, -0.2) is 0 Å². The fourth-order valence-electron chi connectivity index (χ4n) is 2.29. The molecule has 0 aromatic carbocycles. The predicted molar refractivity (Wildman–Crippen MR) is 66.1 cm³/mol. The molecule has 3 rings (SSSR count). The highest BCUT2D eigenvalue weighted by Crippen LogP contribution is 2.18. The predicted octanol–water partition coefficient (Wildman–Crippen LogP) is -0.384. The van der Waals surface area contributed by atoms with Crippen molar-refractivity contribution in [3.05, 3.63) is 30.4 Å². The van der Waals surface area contributed by atoms with Crippen LogP contribution in [0.1, 0.15) is 5.82 Å². The second kappa shape index (κ2) is 5.09. The summed E-state index contributed by atoms with van der Waals surface area (Å²) >= 11 is 0. The van der Waals surface area contributed by atoms with Crippen molar-refractivity contribution in [2.45, 2.75) is 12.5 Å². The van der Waals surface area contributed by atoms with Crippen LogP contribution in [0.25, 0.3) is 0 Å². The van der Waals surface area contributed by atoms with Gasteiger partial charge < -0.3 is 10.2 Å². The Balaban J connectivity index is 1.78. The van der Waals surface area contributed by atoms with E-state index in [0.29, 0.717) is 6.04 Å². The zero-order valence-electron chi connectivity index (χ0n) is 9.95. The molecule has 94 valence electrons. The standard InChI is InChI=1S/C11H15N7/c1-2-9(7-12-3-1)18-5-4-13-8-10(18)6-11-14-16-17-15-11/h1-3,7,10,13H,4-6,8H2,(H,14,15,16,17). The molecule has 1 unspecified atom stereocenters. The average Bonchev–Trinajstić information content (AvgIpc) is 2.93. The number of aromatic amines is 1. The van der Waals surface area contributed by atoms with Crippen molar-refractivity contribution in [1.82, 2.24) is 30.9 Å². The first-order chi connectivity index (χ1) is 8.93. The summed E-state index contributed by atoms with van der Waals surface area (Å²) in [5, 5.41) is 17.5. The quantitative estimate of drug-likeness (QED) is 0.766. The molecule has 0 spiro atoms. The molecule has 0 bridgehead atoms. The number of hydrogen-bond acceptors (Lipinski definition) is 6. The van der Waals surface area contributed by atoms with Crippen LogP contribution in [0, 0.1) is 0 Å². The maximum Gasteiger partial charge on any atom is 0.176 e. The lowest BCUT2D eigenvalue weighted by Crippen LogP contribution is -2.52. The Kier molecular flexibility index (Phi) is 3.14. The van der Waals surface area contributed by atoms with Gasteiger partial charge in [0.1, 0.15) is 0 Å². The van der Waals surface area contributed by atoms with Gasteiger partial charge in [0, 0.05) is 38.3 Å². The molecule has 1 saturated heterocycles. The summed E-state index contributed by atoms with van der Waals surface area (Å²) in [6.07, 6.45) is 4.47. The fraction of sp³-hybridized carbons (Fsp3) is 0.455. The van der Waals surface area contributed by atoms with Gasteiger partial charge in [0.25, 0.3) is 0 Å². The van der Waals surface area contributed by atoms with Gasteiger partial charge in [0.15, 0.2) is 5.82 Å². The molecule has 7 heteroatoms. The van der Waals surface area contributed by atoms with E-state index < -0.39 is 0 Å². The number of anilines is 1. The first-order valence-corrected chi connectivity index (χ1v) is 6.03.